The lowest BCUT2D eigenvalue weighted by Gasteiger charge is -2.06. The van der Waals surface area contributed by atoms with E-state index < -0.39 is 11.9 Å². The minimum Gasteiger partial charge on any atom is -0.508 e. The first kappa shape index (κ1) is 13.2. The number of phenols is 1. The number of hydrogen-bond donors (Lipinski definition) is 2. The van der Waals surface area contributed by atoms with Crippen molar-refractivity contribution < 1.29 is 18.3 Å². The molecule has 0 amide bonds. The van der Waals surface area contributed by atoms with Crippen molar-refractivity contribution in [3.05, 3.63) is 42.1 Å². The highest BCUT2D eigenvalue weighted by Crippen LogP contribution is 2.31. The van der Waals surface area contributed by atoms with E-state index in [0.717, 1.165) is 10.6 Å². The largest absolute Gasteiger partial charge is 0.508 e. The number of nitrogen functional groups attached to an aromatic ring is 1. The first-order valence-corrected chi connectivity index (χ1v) is 5.87. The SMILES string of the molecule is Nc1cc(-c2ccc(O)cc2)n2nc(C(F)(F)F)cc2n1. The van der Waals surface area contributed by atoms with Crippen LogP contribution >= 0.6 is 0 Å². The summed E-state index contributed by atoms with van der Waals surface area (Å²) < 4.78 is 39.3. The van der Waals surface area contributed by atoms with Crippen molar-refractivity contribution in [1.29, 1.82) is 0 Å². The fourth-order valence-electron chi connectivity index (χ4n) is 1.97. The van der Waals surface area contributed by atoms with E-state index in [1.165, 1.54) is 18.2 Å². The topological polar surface area (TPSA) is 76.4 Å². The summed E-state index contributed by atoms with van der Waals surface area (Å²) in [6.07, 6.45) is -4.56. The van der Waals surface area contributed by atoms with Crippen LogP contribution in [-0.4, -0.2) is 19.7 Å². The average Bonchev–Trinajstić information content (AvgIpc) is 2.82. The van der Waals surface area contributed by atoms with Gasteiger partial charge in [-0.05, 0) is 24.3 Å². The predicted octanol–water partition coefficient (Wildman–Crippen LogP) is 2.70. The molecule has 1 aromatic carbocycles. The number of rotatable bonds is 1. The van der Waals surface area contributed by atoms with Gasteiger partial charge in [-0.2, -0.15) is 18.3 Å². The Hall–Kier alpha value is -2.77. The Balaban J connectivity index is 2.26. The number of fused-ring (bicyclic) bond motifs is 1. The number of nitrogens with zero attached hydrogens (tertiary/aromatic N) is 3. The quantitative estimate of drug-likeness (QED) is 0.723. The Morgan fingerprint density at radius 1 is 1.10 bits per heavy atom. The van der Waals surface area contributed by atoms with Gasteiger partial charge in [-0.3, -0.25) is 0 Å². The van der Waals surface area contributed by atoms with Crippen LogP contribution in [0.2, 0.25) is 0 Å². The minimum atomic E-state index is -4.56. The van der Waals surface area contributed by atoms with Crippen LogP contribution in [0.4, 0.5) is 19.0 Å². The van der Waals surface area contributed by atoms with E-state index in [1.54, 1.807) is 12.1 Å². The van der Waals surface area contributed by atoms with Crippen LogP contribution in [0.1, 0.15) is 5.69 Å². The standard InChI is InChI=1S/C13H9F3N4O/c14-13(15,16)10-6-12-18-11(17)5-9(20(12)19-10)7-1-3-8(21)4-2-7/h1-6,21H,(H2,17,18). The molecule has 5 nitrogen and oxygen atoms in total. The van der Waals surface area contributed by atoms with Gasteiger partial charge in [0.15, 0.2) is 11.3 Å². The minimum absolute atomic E-state index is 0.00500. The van der Waals surface area contributed by atoms with Gasteiger partial charge in [-0.1, -0.05) is 0 Å². The van der Waals surface area contributed by atoms with E-state index in [4.69, 9.17) is 5.73 Å². The smallest absolute Gasteiger partial charge is 0.435 e. The molecular formula is C13H9F3N4O. The number of alkyl halides is 3. The predicted molar refractivity (Wildman–Crippen MR) is 69.5 cm³/mol. The van der Waals surface area contributed by atoms with Crippen LogP contribution in [0, 0.1) is 0 Å². The number of halogens is 3. The molecule has 0 spiro atoms. The molecule has 0 aliphatic carbocycles. The number of anilines is 1. The van der Waals surface area contributed by atoms with Crippen molar-refractivity contribution >= 4 is 11.5 Å². The normalized spacial score (nSPS) is 12.0. The fraction of sp³-hybridized carbons (Fsp3) is 0.0769. The van der Waals surface area contributed by atoms with Gasteiger partial charge in [0.1, 0.15) is 11.6 Å². The van der Waals surface area contributed by atoms with Gasteiger partial charge in [-0.15, -0.1) is 0 Å². The van der Waals surface area contributed by atoms with E-state index >= 15 is 0 Å². The highest BCUT2D eigenvalue weighted by atomic mass is 19.4. The third-order valence-electron chi connectivity index (χ3n) is 2.90. The summed E-state index contributed by atoms with van der Waals surface area (Å²) in [6, 6.07) is 8.21. The van der Waals surface area contributed by atoms with Crippen LogP contribution in [-0.2, 0) is 6.18 Å². The highest BCUT2D eigenvalue weighted by molar-refractivity contribution is 5.67. The fourth-order valence-corrected chi connectivity index (χ4v) is 1.97. The van der Waals surface area contributed by atoms with Gasteiger partial charge in [0.25, 0.3) is 0 Å². The Morgan fingerprint density at radius 3 is 2.38 bits per heavy atom. The Bertz CT molecular complexity index is 809. The third-order valence-corrected chi connectivity index (χ3v) is 2.90. The van der Waals surface area contributed by atoms with E-state index in [-0.39, 0.29) is 17.2 Å². The Labute approximate surface area is 116 Å². The number of benzene rings is 1. The van der Waals surface area contributed by atoms with Gasteiger partial charge in [0.05, 0.1) is 5.69 Å². The monoisotopic (exact) mass is 294 g/mol. The van der Waals surface area contributed by atoms with Crippen LogP contribution in [0.15, 0.2) is 36.4 Å². The molecular weight excluding hydrogens is 285 g/mol. The van der Waals surface area contributed by atoms with E-state index in [2.05, 4.69) is 10.1 Å². The molecule has 3 N–H and O–H groups in total. The van der Waals surface area contributed by atoms with Gasteiger partial charge in [0, 0.05) is 17.7 Å². The molecule has 3 rings (SSSR count). The lowest BCUT2D eigenvalue weighted by molar-refractivity contribution is -0.141. The number of phenolic OH excluding ortho intramolecular Hbond substituents is 1. The molecule has 3 aromatic rings. The second-order valence-electron chi connectivity index (χ2n) is 4.41. The molecule has 0 unspecified atom stereocenters. The zero-order chi connectivity index (χ0) is 15.2. The number of aromatic hydroxyl groups is 1. The molecule has 0 saturated heterocycles. The van der Waals surface area contributed by atoms with Crippen LogP contribution < -0.4 is 5.73 Å². The summed E-state index contributed by atoms with van der Waals surface area (Å²) >= 11 is 0. The molecule has 2 aromatic heterocycles. The maximum Gasteiger partial charge on any atom is 0.435 e. The molecule has 0 radical (unpaired) electrons. The Morgan fingerprint density at radius 2 is 1.76 bits per heavy atom. The van der Waals surface area contributed by atoms with Crippen LogP contribution in [0.25, 0.3) is 16.9 Å². The van der Waals surface area contributed by atoms with Crippen molar-refractivity contribution in [1.82, 2.24) is 14.6 Å². The Kier molecular flexibility index (Phi) is 2.75. The summed E-state index contributed by atoms with van der Waals surface area (Å²) in [5, 5.41) is 12.8. The average molecular weight is 294 g/mol. The molecule has 2 heterocycles. The summed E-state index contributed by atoms with van der Waals surface area (Å²) in [7, 11) is 0. The van der Waals surface area contributed by atoms with Crippen LogP contribution in [0.5, 0.6) is 5.75 Å². The van der Waals surface area contributed by atoms with Gasteiger partial charge < -0.3 is 10.8 Å². The molecule has 0 aliphatic heterocycles. The zero-order valence-electron chi connectivity index (χ0n) is 10.5. The van der Waals surface area contributed by atoms with E-state index in [0.29, 0.717) is 11.3 Å². The number of hydrogen-bond acceptors (Lipinski definition) is 4. The zero-order valence-corrected chi connectivity index (χ0v) is 10.5. The van der Waals surface area contributed by atoms with Crippen molar-refractivity contribution in [2.24, 2.45) is 0 Å². The van der Waals surface area contributed by atoms with E-state index in [9.17, 15) is 18.3 Å². The van der Waals surface area contributed by atoms with Crippen LogP contribution in [0.3, 0.4) is 0 Å². The molecule has 21 heavy (non-hydrogen) atoms. The molecule has 0 aliphatic rings. The summed E-state index contributed by atoms with van der Waals surface area (Å²) in [6.45, 7) is 0. The lowest BCUT2D eigenvalue weighted by Crippen LogP contribution is -2.06. The van der Waals surface area contributed by atoms with Crippen molar-refractivity contribution in [2.75, 3.05) is 5.73 Å². The molecule has 0 saturated carbocycles. The molecule has 0 bridgehead atoms. The van der Waals surface area contributed by atoms with Gasteiger partial charge in [0.2, 0.25) is 0 Å². The number of aromatic nitrogens is 3. The first-order chi connectivity index (χ1) is 9.84. The van der Waals surface area contributed by atoms with E-state index in [1.807, 2.05) is 0 Å². The maximum absolute atomic E-state index is 12.7. The summed E-state index contributed by atoms with van der Waals surface area (Å²) in [4.78, 5) is 3.84. The molecule has 0 atom stereocenters. The third kappa shape index (κ3) is 2.35. The highest BCUT2D eigenvalue weighted by Gasteiger charge is 2.34. The second kappa shape index (κ2) is 4.37. The van der Waals surface area contributed by atoms with Crippen molar-refractivity contribution in [2.45, 2.75) is 6.18 Å². The molecule has 8 heteroatoms. The second-order valence-corrected chi connectivity index (χ2v) is 4.41. The molecule has 0 fully saturated rings. The lowest BCUT2D eigenvalue weighted by atomic mass is 10.1. The summed E-state index contributed by atoms with van der Waals surface area (Å²) in [5.41, 5.74) is 5.50. The van der Waals surface area contributed by atoms with Gasteiger partial charge >= 0.3 is 6.18 Å². The van der Waals surface area contributed by atoms with Crippen molar-refractivity contribution in [3.63, 3.8) is 0 Å². The van der Waals surface area contributed by atoms with Gasteiger partial charge in [-0.25, -0.2) is 9.50 Å². The first-order valence-electron chi connectivity index (χ1n) is 5.87. The van der Waals surface area contributed by atoms with Crippen molar-refractivity contribution in [3.8, 4) is 17.0 Å². The molecule has 108 valence electrons. The maximum atomic E-state index is 12.7. The summed E-state index contributed by atoms with van der Waals surface area (Å²) in [5.74, 6) is 0.132. The number of nitrogens with two attached hydrogens (primary N) is 1.